The molecule has 0 unspecified atom stereocenters. The lowest BCUT2D eigenvalue weighted by molar-refractivity contribution is -0.519. The summed E-state index contributed by atoms with van der Waals surface area (Å²) in [5.74, 6) is 0. The van der Waals surface area contributed by atoms with Crippen molar-refractivity contribution in [3.63, 3.8) is 0 Å². The molecule has 0 aromatic heterocycles. The predicted molar refractivity (Wildman–Crippen MR) is 105 cm³/mol. The molecule has 0 amide bonds. The van der Waals surface area contributed by atoms with Crippen LogP contribution in [-0.2, 0) is 0 Å². The topological polar surface area (TPSA) is 3.01 Å². The van der Waals surface area contributed by atoms with E-state index in [1.165, 1.54) is 23.3 Å². The van der Waals surface area contributed by atoms with Crippen molar-refractivity contribution in [2.24, 2.45) is 0 Å². The molecule has 23 heavy (non-hydrogen) atoms. The highest BCUT2D eigenvalue weighted by molar-refractivity contribution is 6.83. The molecule has 0 bridgehead atoms. The smallest absolute Gasteiger partial charge is 0.210 e. The zero-order valence-electron chi connectivity index (χ0n) is 15.7. The Labute approximate surface area is 143 Å². The quantitative estimate of drug-likeness (QED) is 0.293. The van der Waals surface area contributed by atoms with E-state index in [-0.39, 0.29) is 0 Å². The van der Waals surface area contributed by atoms with Crippen LogP contribution < -0.4 is 0 Å². The van der Waals surface area contributed by atoms with Gasteiger partial charge in [-0.05, 0) is 45.7 Å². The van der Waals surface area contributed by atoms with Crippen LogP contribution in [0.5, 0.6) is 0 Å². The van der Waals surface area contributed by atoms with Crippen LogP contribution in [0.3, 0.4) is 0 Å². The maximum Gasteiger partial charge on any atom is 0.210 e. The minimum Gasteiger partial charge on any atom is -0.230 e. The average Bonchev–Trinajstić information content (AvgIpc) is 2.53. The van der Waals surface area contributed by atoms with Gasteiger partial charge in [0.2, 0.25) is 5.71 Å². The molecule has 124 valence electrons. The fourth-order valence-corrected chi connectivity index (χ4v) is 5.43. The number of hydrogen-bond acceptors (Lipinski definition) is 0. The summed E-state index contributed by atoms with van der Waals surface area (Å²) in [6.45, 7) is 16.4. The van der Waals surface area contributed by atoms with Crippen LogP contribution >= 0.6 is 0 Å². The van der Waals surface area contributed by atoms with Gasteiger partial charge < -0.3 is 0 Å². The van der Waals surface area contributed by atoms with Gasteiger partial charge in [-0.2, -0.15) is 0 Å². The zero-order chi connectivity index (χ0) is 17.0. The third kappa shape index (κ3) is 4.11. The van der Waals surface area contributed by atoms with Gasteiger partial charge in [0.25, 0.3) is 0 Å². The lowest BCUT2D eigenvalue weighted by Gasteiger charge is -2.28. The summed E-state index contributed by atoms with van der Waals surface area (Å²) >= 11 is 0. The summed E-state index contributed by atoms with van der Waals surface area (Å²) in [7, 11) is -1.34. The first-order valence-electron chi connectivity index (χ1n) is 8.94. The molecule has 0 atom stereocenters. The van der Waals surface area contributed by atoms with E-state index < -0.39 is 8.07 Å². The molecule has 1 aliphatic carbocycles. The molecule has 0 radical (unpaired) electrons. The highest BCUT2D eigenvalue weighted by Gasteiger charge is 2.31. The molecule has 1 aromatic rings. The van der Waals surface area contributed by atoms with E-state index >= 15 is 0 Å². The standard InChI is InChI=1S/C21H32NSi/c1-7-22(8-2)21(18-12-10-9-11-13-18)19-15-14-17(3)16-20(19)23(4,5)6/h9-14H,7-8,15-16H2,1-6H3/q+1. The van der Waals surface area contributed by atoms with Crippen molar-refractivity contribution in [1.29, 1.82) is 0 Å². The van der Waals surface area contributed by atoms with Crippen molar-refractivity contribution in [3.05, 3.63) is 58.3 Å². The van der Waals surface area contributed by atoms with Crippen LogP contribution in [0.4, 0.5) is 0 Å². The maximum absolute atomic E-state index is 2.54. The predicted octanol–water partition coefficient (Wildman–Crippen LogP) is 5.44. The molecule has 2 heteroatoms. The van der Waals surface area contributed by atoms with Crippen molar-refractivity contribution in [3.8, 4) is 0 Å². The van der Waals surface area contributed by atoms with Gasteiger partial charge in [0.15, 0.2) is 0 Å². The van der Waals surface area contributed by atoms with E-state index in [1.54, 1.807) is 10.8 Å². The second-order valence-corrected chi connectivity index (χ2v) is 12.6. The molecular weight excluding hydrogens is 294 g/mol. The van der Waals surface area contributed by atoms with Gasteiger partial charge in [-0.1, -0.05) is 54.7 Å². The lowest BCUT2D eigenvalue weighted by Crippen LogP contribution is -2.32. The number of nitrogens with zero attached hydrogens (tertiary/aromatic N) is 1. The van der Waals surface area contributed by atoms with Gasteiger partial charge in [0.05, 0.1) is 8.07 Å². The fourth-order valence-electron chi connectivity index (χ4n) is 3.50. The van der Waals surface area contributed by atoms with E-state index in [0.29, 0.717) is 0 Å². The molecule has 2 rings (SSSR count). The second-order valence-electron chi connectivity index (χ2n) is 7.53. The Morgan fingerprint density at radius 3 is 2.17 bits per heavy atom. The van der Waals surface area contributed by atoms with E-state index in [4.69, 9.17) is 0 Å². The number of benzene rings is 1. The Bertz CT molecular complexity index is 636. The molecule has 1 aliphatic rings. The molecule has 1 aromatic carbocycles. The molecule has 0 heterocycles. The minimum atomic E-state index is -1.34. The molecule has 0 fully saturated rings. The Kier molecular flexibility index (Phi) is 5.80. The normalized spacial score (nSPS) is 15.5. The van der Waals surface area contributed by atoms with Crippen LogP contribution in [0, 0.1) is 0 Å². The van der Waals surface area contributed by atoms with Crippen LogP contribution in [0.1, 0.15) is 39.2 Å². The van der Waals surface area contributed by atoms with Crippen LogP contribution in [0.15, 0.2) is 52.8 Å². The SMILES string of the molecule is CC[N+](CC)=C(C1=C([Si](C)(C)C)CC(C)=CC1)c1ccccc1. The molecule has 0 spiro atoms. The summed E-state index contributed by atoms with van der Waals surface area (Å²) in [6, 6.07) is 11.0. The van der Waals surface area contributed by atoms with Gasteiger partial charge in [-0.15, -0.1) is 0 Å². The minimum absolute atomic E-state index is 1.06. The highest BCUT2D eigenvalue weighted by atomic mass is 28.3. The van der Waals surface area contributed by atoms with Gasteiger partial charge >= 0.3 is 0 Å². The van der Waals surface area contributed by atoms with Crippen molar-refractivity contribution >= 4 is 13.8 Å². The Balaban J connectivity index is 2.70. The van der Waals surface area contributed by atoms with Crippen molar-refractivity contribution in [2.75, 3.05) is 13.1 Å². The molecule has 0 saturated heterocycles. The third-order valence-electron chi connectivity index (χ3n) is 4.79. The van der Waals surface area contributed by atoms with Crippen LogP contribution in [0.2, 0.25) is 19.6 Å². The highest BCUT2D eigenvalue weighted by Crippen LogP contribution is 2.33. The van der Waals surface area contributed by atoms with Gasteiger partial charge in [-0.3, -0.25) is 0 Å². The molecule has 0 saturated carbocycles. The Morgan fingerprint density at radius 1 is 1.04 bits per heavy atom. The number of rotatable bonds is 5. The van der Waals surface area contributed by atoms with Gasteiger partial charge in [0.1, 0.15) is 13.1 Å². The molecule has 1 nitrogen and oxygen atoms in total. The Morgan fingerprint density at radius 2 is 1.65 bits per heavy atom. The average molecular weight is 327 g/mol. The zero-order valence-corrected chi connectivity index (χ0v) is 16.7. The fraction of sp³-hybridized carbons (Fsp3) is 0.476. The van der Waals surface area contributed by atoms with Gasteiger partial charge in [0, 0.05) is 11.1 Å². The first-order valence-corrected chi connectivity index (χ1v) is 12.4. The van der Waals surface area contributed by atoms with E-state index in [0.717, 1.165) is 19.5 Å². The van der Waals surface area contributed by atoms with Crippen LogP contribution in [-0.4, -0.2) is 31.5 Å². The first-order chi connectivity index (χ1) is 10.9. The summed E-state index contributed by atoms with van der Waals surface area (Å²) in [5.41, 5.74) is 5.98. The van der Waals surface area contributed by atoms with Crippen molar-refractivity contribution in [1.82, 2.24) is 0 Å². The largest absolute Gasteiger partial charge is 0.230 e. The van der Waals surface area contributed by atoms with Gasteiger partial charge in [-0.25, -0.2) is 4.58 Å². The Hall–Kier alpha value is -1.41. The van der Waals surface area contributed by atoms with E-state index in [9.17, 15) is 0 Å². The lowest BCUT2D eigenvalue weighted by atomic mass is 9.92. The maximum atomic E-state index is 2.54. The van der Waals surface area contributed by atoms with E-state index in [1.807, 2.05) is 0 Å². The molecule has 0 aliphatic heterocycles. The van der Waals surface area contributed by atoms with Crippen molar-refractivity contribution < 1.29 is 4.58 Å². The third-order valence-corrected chi connectivity index (χ3v) is 7.08. The first kappa shape index (κ1) is 17.9. The summed E-state index contributed by atoms with van der Waals surface area (Å²) in [6.07, 6.45) is 4.69. The molecule has 0 N–H and O–H groups in total. The summed E-state index contributed by atoms with van der Waals surface area (Å²) < 4.78 is 2.54. The number of allylic oxidation sites excluding steroid dienone is 4. The molecular formula is C21H32NSi+. The summed E-state index contributed by atoms with van der Waals surface area (Å²) in [4.78, 5) is 0. The van der Waals surface area contributed by atoms with Crippen molar-refractivity contribution in [2.45, 2.75) is 53.3 Å². The number of hydrogen-bond donors (Lipinski definition) is 0. The van der Waals surface area contributed by atoms with Crippen LogP contribution in [0.25, 0.3) is 0 Å². The monoisotopic (exact) mass is 326 g/mol. The summed E-state index contributed by atoms with van der Waals surface area (Å²) in [5, 5.41) is 1.74. The van der Waals surface area contributed by atoms with E-state index in [2.05, 4.69) is 81.4 Å². The second kappa shape index (κ2) is 7.44.